The minimum Gasteiger partial charge on any atom is -0.369 e. The van der Waals surface area contributed by atoms with Crippen molar-refractivity contribution in [3.8, 4) is 0 Å². The van der Waals surface area contributed by atoms with Gasteiger partial charge in [-0.25, -0.2) is 4.98 Å². The first-order chi connectivity index (χ1) is 19.7. The van der Waals surface area contributed by atoms with Gasteiger partial charge >= 0.3 is 6.18 Å². The smallest absolute Gasteiger partial charge is 0.369 e. The monoisotopic (exact) mass is 565 g/mol. The zero-order valence-electron chi connectivity index (χ0n) is 22.6. The molecule has 1 aromatic carbocycles. The van der Waals surface area contributed by atoms with Gasteiger partial charge in [0.2, 0.25) is 0 Å². The van der Waals surface area contributed by atoms with E-state index >= 15 is 0 Å². The first-order valence-corrected chi connectivity index (χ1v) is 13.3. The van der Waals surface area contributed by atoms with Crippen LogP contribution in [0, 0.1) is 5.92 Å². The molecule has 41 heavy (non-hydrogen) atoms. The lowest BCUT2D eigenvalue weighted by Crippen LogP contribution is -2.44. The van der Waals surface area contributed by atoms with Crippen LogP contribution >= 0.6 is 0 Å². The second kappa shape index (κ2) is 10.6. The van der Waals surface area contributed by atoms with E-state index in [0.29, 0.717) is 36.4 Å². The van der Waals surface area contributed by atoms with Crippen LogP contribution in [0.5, 0.6) is 0 Å². The zero-order chi connectivity index (χ0) is 28.7. The molecule has 1 atom stereocenters. The maximum atomic E-state index is 13.8. The number of nitrogens with one attached hydrogen (secondary N) is 3. The predicted molar refractivity (Wildman–Crippen MR) is 149 cm³/mol. The Labute approximate surface area is 234 Å². The van der Waals surface area contributed by atoms with Crippen molar-refractivity contribution in [3.05, 3.63) is 83.9 Å². The number of hydrogen-bond donors (Lipinski definition) is 3. The molecule has 0 radical (unpaired) electrons. The fraction of sp³-hybridized carbons (Fsp3) is 0.321. The molecule has 2 aliphatic heterocycles. The van der Waals surface area contributed by atoms with E-state index in [-0.39, 0.29) is 11.6 Å². The number of carbonyl (C=O) groups is 1. The summed E-state index contributed by atoms with van der Waals surface area (Å²) in [6.07, 6.45) is 8.40. The molecule has 0 spiro atoms. The van der Waals surface area contributed by atoms with E-state index in [1.165, 1.54) is 0 Å². The summed E-state index contributed by atoms with van der Waals surface area (Å²) in [5, 5.41) is 4.52. The number of rotatable bonds is 5. The van der Waals surface area contributed by atoms with Crippen molar-refractivity contribution in [2.45, 2.75) is 19.5 Å². The molecular weight excluding hydrogens is 535 g/mol. The molecule has 1 amide bonds. The maximum absolute atomic E-state index is 13.8. The summed E-state index contributed by atoms with van der Waals surface area (Å²) in [5.41, 5.74) is 9.54. The van der Waals surface area contributed by atoms with Gasteiger partial charge in [-0.05, 0) is 37.7 Å². The van der Waals surface area contributed by atoms with E-state index in [2.05, 4.69) is 31.1 Å². The minimum atomic E-state index is -4.54. The van der Waals surface area contributed by atoms with Crippen LogP contribution in [0.3, 0.4) is 0 Å². The lowest BCUT2D eigenvalue weighted by molar-refractivity contribution is -0.137. The third-order valence-electron chi connectivity index (χ3n) is 7.57. The summed E-state index contributed by atoms with van der Waals surface area (Å²) in [6.45, 7) is 4.76. The highest BCUT2D eigenvalue weighted by Crippen LogP contribution is 2.35. The Balaban J connectivity index is 1.23. The molecule has 0 bridgehead atoms. The largest absolute Gasteiger partial charge is 0.416 e. The molecule has 3 aromatic rings. The number of likely N-dealkylation sites (N-methyl/N-ethyl adjacent to an activating group) is 1. The van der Waals surface area contributed by atoms with E-state index in [9.17, 15) is 18.0 Å². The van der Waals surface area contributed by atoms with Gasteiger partial charge in [0, 0.05) is 73.3 Å². The van der Waals surface area contributed by atoms with Crippen molar-refractivity contribution in [1.82, 2.24) is 35.2 Å². The average Bonchev–Trinajstić information content (AvgIpc) is 3.60. The number of aromatic nitrogens is 3. The summed E-state index contributed by atoms with van der Waals surface area (Å²) in [5.74, 6) is -0.385. The van der Waals surface area contributed by atoms with Crippen molar-refractivity contribution in [1.29, 1.82) is 0 Å². The number of fused-ring (bicyclic) bond motifs is 1. The number of nitrogens with zero attached hydrogens (tertiary/aromatic N) is 6. The fourth-order valence-electron chi connectivity index (χ4n) is 5.17. The summed E-state index contributed by atoms with van der Waals surface area (Å²) in [7, 11) is 1.98. The number of benzene rings is 1. The van der Waals surface area contributed by atoms with Crippen molar-refractivity contribution in [3.63, 3.8) is 0 Å². The summed E-state index contributed by atoms with van der Waals surface area (Å²) >= 11 is 0. The van der Waals surface area contributed by atoms with Crippen LogP contribution in [0.2, 0.25) is 0 Å². The van der Waals surface area contributed by atoms with Crippen LogP contribution in [0.15, 0.2) is 72.6 Å². The molecule has 1 saturated heterocycles. The van der Waals surface area contributed by atoms with Gasteiger partial charge in [0.15, 0.2) is 5.65 Å². The number of alkyl halides is 3. The van der Waals surface area contributed by atoms with Gasteiger partial charge in [-0.15, -0.1) is 5.53 Å². The highest BCUT2D eigenvalue weighted by Gasteiger charge is 2.32. The Morgan fingerprint density at radius 1 is 1.12 bits per heavy atom. The summed E-state index contributed by atoms with van der Waals surface area (Å²) in [4.78, 5) is 25.8. The molecule has 0 saturated carbocycles. The fourth-order valence-corrected chi connectivity index (χ4v) is 5.17. The lowest BCUT2D eigenvalue weighted by atomic mass is 9.94. The molecule has 6 rings (SSSR count). The first-order valence-electron chi connectivity index (χ1n) is 13.3. The third kappa shape index (κ3) is 5.50. The molecule has 214 valence electrons. The average molecular weight is 566 g/mol. The highest BCUT2D eigenvalue weighted by atomic mass is 19.4. The van der Waals surface area contributed by atoms with Gasteiger partial charge in [0.1, 0.15) is 0 Å². The predicted octanol–water partition coefficient (Wildman–Crippen LogP) is 3.61. The van der Waals surface area contributed by atoms with Gasteiger partial charge in [-0.2, -0.15) is 13.2 Å². The maximum Gasteiger partial charge on any atom is 0.416 e. The van der Waals surface area contributed by atoms with Crippen LogP contribution < -0.4 is 21.2 Å². The molecule has 1 aliphatic carbocycles. The Morgan fingerprint density at radius 3 is 2.71 bits per heavy atom. The molecule has 13 heteroatoms. The molecular formula is C28H30F3N9O. The van der Waals surface area contributed by atoms with Crippen molar-refractivity contribution < 1.29 is 18.0 Å². The van der Waals surface area contributed by atoms with Crippen molar-refractivity contribution in [2.24, 2.45) is 5.92 Å². The molecule has 3 aliphatic rings. The minimum absolute atomic E-state index is 0.0835. The van der Waals surface area contributed by atoms with E-state index in [1.807, 2.05) is 41.7 Å². The number of anilines is 2. The Kier molecular flexibility index (Phi) is 6.91. The number of hydrogen-bond acceptors (Lipinski definition) is 8. The van der Waals surface area contributed by atoms with Crippen LogP contribution in [-0.4, -0.2) is 63.4 Å². The lowest BCUT2D eigenvalue weighted by Gasteiger charge is -2.34. The molecule has 1 unspecified atom stereocenters. The molecule has 1 fully saturated rings. The van der Waals surface area contributed by atoms with Crippen LogP contribution in [0.1, 0.15) is 24.6 Å². The number of allylic oxidation sites excluding steroid dienone is 2. The third-order valence-corrected chi connectivity index (χ3v) is 7.57. The van der Waals surface area contributed by atoms with Gasteiger partial charge in [-0.3, -0.25) is 24.6 Å². The number of imidazole rings is 1. The second-order valence-electron chi connectivity index (χ2n) is 10.5. The number of hydrazine groups is 2. The zero-order valence-corrected chi connectivity index (χ0v) is 22.6. The quantitative estimate of drug-likeness (QED) is 0.432. The molecule has 4 heterocycles. The Bertz CT molecular complexity index is 1570. The molecule has 2 aromatic heterocycles. The van der Waals surface area contributed by atoms with Gasteiger partial charge in [-0.1, -0.05) is 13.0 Å². The van der Waals surface area contributed by atoms with E-state index in [0.717, 1.165) is 42.3 Å². The Hall–Kier alpha value is -4.36. The van der Waals surface area contributed by atoms with E-state index in [4.69, 9.17) is 0 Å². The van der Waals surface area contributed by atoms with E-state index in [1.54, 1.807) is 35.7 Å². The van der Waals surface area contributed by atoms with Crippen LogP contribution in [-0.2, 0) is 11.0 Å². The number of halogens is 3. The molecule has 10 nitrogen and oxygen atoms in total. The summed E-state index contributed by atoms with van der Waals surface area (Å²) in [6, 6.07) is 3.75. The van der Waals surface area contributed by atoms with Gasteiger partial charge in [0.25, 0.3) is 5.91 Å². The topological polar surface area (TPSA) is 93.1 Å². The van der Waals surface area contributed by atoms with Crippen molar-refractivity contribution in [2.75, 3.05) is 43.4 Å². The number of carbonyl (C=O) groups excluding carboxylic acids is 1. The highest BCUT2D eigenvalue weighted by molar-refractivity contribution is 6.06. The van der Waals surface area contributed by atoms with Gasteiger partial charge < -0.3 is 15.1 Å². The SMILES string of the molecule is CC1CC=C(C(=O)Nc2cc(N3CCN(C)CC3)cc(C(F)(F)F)c2)C=C1N1C=C(c2cnc3cnccn23)NN1. The van der Waals surface area contributed by atoms with E-state index < -0.39 is 17.6 Å². The normalized spacial score (nSPS) is 20.0. The molecule has 3 N–H and O–H groups in total. The summed E-state index contributed by atoms with van der Waals surface area (Å²) < 4.78 is 43.2. The van der Waals surface area contributed by atoms with Crippen LogP contribution in [0.25, 0.3) is 11.3 Å². The second-order valence-corrected chi connectivity index (χ2v) is 10.5. The Morgan fingerprint density at radius 2 is 1.93 bits per heavy atom. The number of amides is 1. The first kappa shape index (κ1) is 26.8. The van der Waals surface area contributed by atoms with Gasteiger partial charge in [0.05, 0.1) is 29.3 Å². The van der Waals surface area contributed by atoms with Crippen LogP contribution in [0.4, 0.5) is 24.5 Å². The standard InChI is InChI=1S/C28H30F3N9O/c1-18-3-4-19(11-24(18)40-17-23(35-36-40)25-15-33-26-16-32-5-6-39(25)26)27(41)34-21-12-20(28(29,30)31)13-22(14-21)38-9-7-37(2)8-10-38/h4-6,11-18,35-36H,3,7-10H2,1-2H3,(H,34,41). The number of piperazine rings is 1. The van der Waals surface area contributed by atoms with Crippen molar-refractivity contribution >= 4 is 28.6 Å².